The first-order valence-electron chi connectivity index (χ1n) is 7.94. The Hall–Kier alpha value is -2.57. The second-order valence-electron chi connectivity index (χ2n) is 5.67. The Labute approximate surface area is 159 Å². The van der Waals surface area contributed by atoms with E-state index in [9.17, 15) is 14.7 Å². The topological polar surface area (TPSA) is 66.4 Å². The summed E-state index contributed by atoms with van der Waals surface area (Å²) in [7, 11) is 0. The van der Waals surface area contributed by atoms with Crippen molar-refractivity contribution in [1.29, 1.82) is 0 Å². The minimum Gasteiger partial charge on any atom is -0.478 e. The van der Waals surface area contributed by atoms with Crippen LogP contribution in [0.4, 0.5) is 5.00 Å². The number of anilines is 1. The molecule has 4 nitrogen and oxygen atoms in total. The number of carboxylic acid groups (broad SMARTS) is 1. The SMILES string of the molecule is Cc1ccc(-c2csc(NC(=O)CSc3ccccc3)c2C(=O)O)cc1. The van der Waals surface area contributed by atoms with E-state index in [1.54, 1.807) is 5.38 Å². The van der Waals surface area contributed by atoms with Crippen molar-refractivity contribution in [1.82, 2.24) is 0 Å². The van der Waals surface area contributed by atoms with E-state index in [4.69, 9.17) is 0 Å². The molecule has 0 aliphatic carbocycles. The highest BCUT2D eigenvalue weighted by molar-refractivity contribution is 8.00. The maximum absolute atomic E-state index is 12.2. The summed E-state index contributed by atoms with van der Waals surface area (Å²) < 4.78 is 0. The van der Waals surface area contributed by atoms with Gasteiger partial charge in [0.2, 0.25) is 5.91 Å². The van der Waals surface area contributed by atoms with Crippen LogP contribution in [0.5, 0.6) is 0 Å². The molecule has 1 amide bonds. The number of nitrogens with one attached hydrogen (secondary N) is 1. The summed E-state index contributed by atoms with van der Waals surface area (Å²) >= 11 is 2.64. The first kappa shape index (κ1) is 18.2. The van der Waals surface area contributed by atoms with E-state index in [0.29, 0.717) is 10.6 Å². The Morgan fingerprint density at radius 1 is 1.08 bits per heavy atom. The number of hydrogen-bond acceptors (Lipinski definition) is 4. The second kappa shape index (κ2) is 8.21. The number of thioether (sulfide) groups is 1. The molecule has 1 heterocycles. The summed E-state index contributed by atoms with van der Waals surface area (Å²) in [6, 6.07) is 17.3. The summed E-state index contributed by atoms with van der Waals surface area (Å²) in [5.74, 6) is -1.05. The van der Waals surface area contributed by atoms with Gasteiger partial charge in [-0.1, -0.05) is 48.0 Å². The first-order valence-corrected chi connectivity index (χ1v) is 9.80. The smallest absolute Gasteiger partial charge is 0.339 e. The minimum atomic E-state index is -1.05. The van der Waals surface area contributed by atoms with Crippen LogP contribution >= 0.6 is 23.1 Å². The van der Waals surface area contributed by atoms with Gasteiger partial charge in [-0.05, 0) is 24.6 Å². The molecule has 2 N–H and O–H groups in total. The van der Waals surface area contributed by atoms with Gasteiger partial charge in [-0.25, -0.2) is 4.79 Å². The number of carbonyl (C=O) groups is 2. The number of carbonyl (C=O) groups excluding carboxylic acids is 1. The van der Waals surface area contributed by atoms with Crippen LogP contribution in [-0.4, -0.2) is 22.7 Å². The monoisotopic (exact) mass is 383 g/mol. The van der Waals surface area contributed by atoms with Gasteiger partial charge in [-0.3, -0.25) is 4.79 Å². The zero-order chi connectivity index (χ0) is 18.5. The first-order chi connectivity index (χ1) is 12.5. The molecule has 0 saturated carbocycles. The molecule has 0 saturated heterocycles. The molecular formula is C20H17NO3S2. The number of aromatic carboxylic acids is 1. The number of rotatable bonds is 6. The normalized spacial score (nSPS) is 10.5. The highest BCUT2D eigenvalue weighted by atomic mass is 32.2. The van der Waals surface area contributed by atoms with E-state index in [2.05, 4.69) is 5.32 Å². The predicted octanol–water partition coefficient (Wildman–Crippen LogP) is 5.15. The summed E-state index contributed by atoms with van der Waals surface area (Å²) in [5.41, 5.74) is 2.68. The van der Waals surface area contributed by atoms with Crippen LogP contribution in [-0.2, 0) is 4.79 Å². The number of amides is 1. The molecule has 3 aromatic rings. The lowest BCUT2D eigenvalue weighted by molar-refractivity contribution is -0.113. The molecule has 1 aromatic heterocycles. The Morgan fingerprint density at radius 2 is 1.77 bits per heavy atom. The molecule has 3 rings (SSSR count). The average Bonchev–Trinajstić information content (AvgIpc) is 3.05. The lowest BCUT2D eigenvalue weighted by Gasteiger charge is -2.06. The predicted molar refractivity (Wildman–Crippen MR) is 107 cm³/mol. The Kier molecular flexibility index (Phi) is 5.75. The highest BCUT2D eigenvalue weighted by Gasteiger charge is 2.21. The van der Waals surface area contributed by atoms with Crippen LogP contribution in [0.3, 0.4) is 0 Å². The summed E-state index contributed by atoms with van der Waals surface area (Å²) in [6.45, 7) is 1.98. The van der Waals surface area contributed by atoms with Crippen LogP contribution < -0.4 is 5.32 Å². The van der Waals surface area contributed by atoms with Crippen molar-refractivity contribution >= 4 is 40.0 Å². The van der Waals surface area contributed by atoms with Gasteiger partial charge in [0.15, 0.2) is 0 Å². The minimum absolute atomic E-state index is 0.136. The van der Waals surface area contributed by atoms with Crippen molar-refractivity contribution in [2.45, 2.75) is 11.8 Å². The average molecular weight is 383 g/mol. The molecule has 0 fully saturated rings. The van der Waals surface area contributed by atoms with Crippen molar-refractivity contribution in [3.8, 4) is 11.1 Å². The van der Waals surface area contributed by atoms with Crippen LogP contribution in [0.15, 0.2) is 64.9 Å². The quantitative estimate of drug-likeness (QED) is 0.578. The second-order valence-corrected chi connectivity index (χ2v) is 7.60. The maximum Gasteiger partial charge on any atom is 0.339 e. The van der Waals surface area contributed by atoms with E-state index in [1.807, 2.05) is 61.5 Å². The van der Waals surface area contributed by atoms with E-state index in [0.717, 1.165) is 16.0 Å². The molecule has 0 radical (unpaired) electrons. The molecule has 2 aromatic carbocycles. The third kappa shape index (κ3) is 4.33. The van der Waals surface area contributed by atoms with Gasteiger partial charge in [-0.2, -0.15) is 0 Å². The van der Waals surface area contributed by atoms with E-state index < -0.39 is 5.97 Å². The maximum atomic E-state index is 12.2. The van der Waals surface area contributed by atoms with Gasteiger partial charge < -0.3 is 10.4 Å². The molecule has 6 heteroatoms. The standard InChI is InChI=1S/C20H17NO3S2/c1-13-7-9-14(10-8-13)16-11-26-19(18(16)20(23)24)21-17(22)12-25-15-5-3-2-4-6-15/h2-11H,12H2,1H3,(H,21,22)(H,23,24). The summed E-state index contributed by atoms with van der Waals surface area (Å²) in [4.78, 5) is 25.0. The fraction of sp³-hybridized carbons (Fsp3) is 0.100. The largest absolute Gasteiger partial charge is 0.478 e. The third-order valence-electron chi connectivity index (χ3n) is 3.73. The van der Waals surface area contributed by atoms with Crippen molar-refractivity contribution < 1.29 is 14.7 Å². The Bertz CT molecular complexity index is 918. The van der Waals surface area contributed by atoms with Crippen LogP contribution in [0.1, 0.15) is 15.9 Å². The van der Waals surface area contributed by atoms with Crippen molar-refractivity contribution in [3.63, 3.8) is 0 Å². The van der Waals surface area contributed by atoms with Crippen LogP contribution in [0, 0.1) is 6.92 Å². The Balaban J connectivity index is 1.76. The van der Waals surface area contributed by atoms with Crippen molar-refractivity contribution in [2.75, 3.05) is 11.1 Å². The number of hydrogen-bond donors (Lipinski definition) is 2. The van der Waals surface area contributed by atoms with E-state index in [-0.39, 0.29) is 17.2 Å². The molecule has 0 aliphatic rings. The third-order valence-corrected chi connectivity index (χ3v) is 5.64. The van der Waals surface area contributed by atoms with Gasteiger partial charge in [0.25, 0.3) is 0 Å². The van der Waals surface area contributed by atoms with Gasteiger partial charge in [-0.15, -0.1) is 23.1 Å². The molecule has 0 unspecified atom stereocenters. The van der Waals surface area contributed by atoms with Crippen molar-refractivity contribution in [3.05, 3.63) is 71.1 Å². The summed E-state index contributed by atoms with van der Waals surface area (Å²) in [6.07, 6.45) is 0. The molecule has 0 bridgehead atoms. The zero-order valence-corrected chi connectivity index (χ0v) is 15.7. The molecule has 26 heavy (non-hydrogen) atoms. The van der Waals surface area contributed by atoms with E-state index in [1.165, 1.54) is 23.1 Å². The molecule has 132 valence electrons. The number of benzene rings is 2. The molecule has 0 spiro atoms. The lowest BCUT2D eigenvalue weighted by atomic mass is 10.0. The molecular weight excluding hydrogens is 366 g/mol. The lowest BCUT2D eigenvalue weighted by Crippen LogP contribution is -2.15. The fourth-order valence-corrected chi connectivity index (χ4v) is 4.13. The highest BCUT2D eigenvalue weighted by Crippen LogP contribution is 2.36. The summed E-state index contributed by atoms with van der Waals surface area (Å²) in [5, 5.41) is 14.5. The number of aryl methyl sites for hydroxylation is 1. The van der Waals surface area contributed by atoms with Crippen molar-refractivity contribution in [2.24, 2.45) is 0 Å². The zero-order valence-electron chi connectivity index (χ0n) is 14.1. The number of carboxylic acids is 1. The van der Waals surface area contributed by atoms with Gasteiger partial charge in [0, 0.05) is 15.8 Å². The molecule has 0 aliphatic heterocycles. The van der Waals surface area contributed by atoms with Gasteiger partial charge in [0.1, 0.15) is 10.6 Å². The van der Waals surface area contributed by atoms with Crippen LogP contribution in [0.25, 0.3) is 11.1 Å². The van der Waals surface area contributed by atoms with Gasteiger partial charge in [0.05, 0.1) is 5.75 Å². The molecule has 0 atom stereocenters. The fourth-order valence-electron chi connectivity index (χ4n) is 2.44. The Morgan fingerprint density at radius 3 is 2.42 bits per heavy atom. The van der Waals surface area contributed by atoms with Gasteiger partial charge >= 0.3 is 5.97 Å². The number of thiophene rings is 1. The van der Waals surface area contributed by atoms with Crippen LogP contribution in [0.2, 0.25) is 0 Å². The van der Waals surface area contributed by atoms with E-state index >= 15 is 0 Å².